The van der Waals surface area contributed by atoms with Gasteiger partial charge in [-0.3, -0.25) is 0 Å². The summed E-state index contributed by atoms with van der Waals surface area (Å²) in [6, 6.07) is 0.667. The summed E-state index contributed by atoms with van der Waals surface area (Å²) in [5, 5.41) is 11.2. The Bertz CT molecular complexity index is 162. The summed E-state index contributed by atoms with van der Waals surface area (Å²) in [5.41, 5.74) is 0.471. The Kier molecular flexibility index (Phi) is 9.45. The molecule has 84 valence electrons. The molecule has 1 aliphatic heterocycles. The van der Waals surface area contributed by atoms with Crippen molar-refractivity contribution >= 4 is 0 Å². The molecule has 0 radical (unpaired) electrons. The maximum absolute atomic E-state index is 4.49. The number of hydrogen-bond donors (Lipinski definition) is 2. The third-order valence-electron chi connectivity index (χ3n) is 3.20. The predicted molar refractivity (Wildman–Crippen MR) is 61.8 cm³/mol. The first kappa shape index (κ1) is 16.5. The quantitative estimate of drug-likeness (QED) is 0.430. The van der Waals surface area contributed by atoms with Crippen LogP contribution in [0.2, 0.25) is 0 Å². The first-order valence-electron chi connectivity index (χ1n) is 5.68. The minimum absolute atomic E-state index is 0. The van der Waals surface area contributed by atoms with E-state index in [2.05, 4.69) is 29.8 Å². The number of rotatable bonds is 6. The zero-order valence-electron chi connectivity index (χ0n) is 10.8. The van der Waals surface area contributed by atoms with Crippen LogP contribution in [0.25, 0.3) is 5.32 Å². The molecule has 3 nitrogen and oxygen atoms in total. The zero-order chi connectivity index (χ0) is 10.4. The summed E-state index contributed by atoms with van der Waals surface area (Å²) >= 11 is 0. The van der Waals surface area contributed by atoms with Gasteiger partial charge in [0.05, 0.1) is 0 Å². The monoisotopic (exact) mass is 237 g/mol. The second-order valence-electron chi connectivity index (χ2n) is 4.81. The summed E-state index contributed by atoms with van der Waals surface area (Å²) < 4.78 is 0. The number of hydrogen-bond acceptors (Lipinski definition) is 2. The van der Waals surface area contributed by atoms with Crippen molar-refractivity contribution in [2.24, 2.45) is 5.41 Å². The van der Waals surface area contributed by atoms with Gasteiger partial charge in [0, 0.05) is 6.04 Å². The molecule has 0 aromatic carbocycles. The van der Waals surface area contributed by atoms with Gasteiger partial charge in [-0.15, -0.1) is 13.1 Å². The Labute approximate surface area is 137 Å². The Balaban J connectivity index is 0.00000196. The average molecular weight is 237 g/mol. The first-order valence-corrected chi connectivity index (χ1v) is 5.68. The van der Waals surface area contributed by atoms with Crippen LogP contribution >= 0.6 is 0 Å². The van der Waals surface area contributed by atoms with E-state index in [0.29, 0.717) is 11.5 Å². The third kappa shape index (κ3) is 6.12. The standard InChI is InChI=1S/C11H24N3.K/c1-11(2)5-7-14-10(11)4-6-13-9-8-12-3;/h10,12,14H,4-9H2,1-3H3;/q-1;+1. The number of nitrogens with one attached hydrogen (secondary N) is 2. The first-order chi connectivity index (χ1) is 6.67. The van der Waals surface area contributed by atoms with Crippen molar-refractivity contribution in [3.63, 3.8) is 0 Å². The van der Waals surface area contributed by atoms with Crippen molar-refractivity contribution < 1.29 is 51.4 Å². The van der Waals surface area contributed by atoms with Gasteiger partial charge < -0.3 is 16.0 Å². The van der Waals surface area contributed by atoms with Crippen LogP contribution in [-0.2, 0) is 0 Å². The van der Waals surface area contributed by atoms with Crippen LogP contribution in [0, 0.1) is 5.41 Å². The maximum atomic E-state index is 4.49. The molecule has 1 heterocycles. The Morgan fingerprint density at radius 2 is 2.13 bits per heavy atom. The van der Waals surface area contributed by atoms with Crippen molar-refractivity contribution in [1.29, 1.82) is 0 Å². The fourth-order valence-corrected chi connectivity index (χ4v) is 2.03. The topological polar surface area (TPSA) is 38.2 Å². The fourth-order valence-electron chi connectivity index (χ4n) is 2.03. The van der Waals surface area contributed by atoms with Gasteiger partial charge in [0.25, 0.3) is 0 Å². The largest absolute Gasteiger partial charge is 1.00 e. The zero-order valence-corrected chi connectivity index (χ0v) is 13.9. The average Bonchev–Trinajstić information content (AvgIpc) is 2.45. The molecule has 0 aliphatic carbocycles. The minimum atomic E-state index is 0. The molecular formula is C11H24KN3. The van der Waals surface area contributed by atoms with Gasteiger partial charge >= 0.3 is 51.4 Å². The van der Waals surface area contributed by atoms with Gasteiger partial charge in [0.1, 0.15) is 0 Å². The summed E-state index contributed by atoms with van der Waals surface area (Å²) in [5.74, 6) is 0. The molecule has 1 aliphatic rings. The van der Waals surface area contributed by atoms with Crippen LogP contribution in [0.5, 0.6) is 0 Å². The van der Waals surface area contributed by atoms with Crippen molar-refractivity contribution in [3.05, 3.63) is 5.32 Å². The third-order valence-corrected chi connectivity index (χ3v) is 3.20. The summed E-state index contributed by atoms with van der Waals surface area (Å²) in [4.78, 5) is 0. The number of nitrogens with zero attached hydrogens (tertiary/aromatic N) is 1. The van der Waals surface area contributed by atoms with E-state index >= 15 is 0 Å². The van der Waals surface area contributed by atoms with Crippen LogP contribution in [0.15, 0.2) is 0 Å². The normalized spacial score (nSPS) is 23.8. The fraction of sp³-hybridized carbons (Fsp3) is 1.00. The van der Waals surface area contributed by atoms with Gasteiger partial charge in [-0.05, 0) is 32.0 Å². The van der Waals surface area contributed by atoms with Crippen molar-refractivity contribution in [2.45, 2.75) is 32.7 Å². The molecule has 4 heteroatoms. The molecule has 15 heavy (non-hydrogen) atoms. The predicted octanol–water partition coefficient (Wildman–Crippen LogP) is -1.64. The summed E-state index contributed by atoms with van der Waals surface area (Å²) in [6.07, 6.45) is 2.49. The van der Waals surface area contributed by atoms with Crippen LogP contribution in [0.3, 0.4) is 0 Å². The van der Waals surface area contributed by atoms with Crippen LogP contribution in [-0.4, -0.2) is 39.3 Å². The Morgan fingerprint density at radius 1 is 1.40 bits per heavy atom. The molecule has 0 spiro atoms. The second kappa shape index (κ2) is 8.58. The summed E-state index contributed by atoms with van der Waals surface area (Å²) in [6.45, 7) is 8.83. The molecule has 0 bridgehead atoms. The Hall–Kier alpha value is 1.52. The van der Waals surface area contributed by atoms with Crippen LogP contribution < -0.4 is 62.0 Å². The second-order valence-corrected chi connectivity index (χ2v) is 4.81. The van der Waals surface area contributed by atoms with Crippen molar-refractivity contribution in [1.82, 2.24) is 10.6 Å². The van der Waals surface area contributed by atoms with E-state index in [-0.39, 0.29) is 51.4 Å². The summed E-state index contributed by atoms with van der Waals surface area (Å²) in [7, 11) is 1.97. The molecule has 1 fully saturated rings. The van der Waals surface area contributed by atoms with E-state index in [0.717, 1.165) is 19.6 Å². The molecule has 0 amide bonds. The smallest absolute Gasteiger partial charge is 0.661 e. The molecule has 0 aromatic rings. The van der Waals surface area contributed by atoms with Gasteiger partial charge in [-0.2, -0.15) is 0 Å². The van der Waals surface area contributed by atoms with Gasteiger partial charge in [0.15, 0.2) is 0 Å². The molecule has 1 rings (SSSR count). The van der Waals surface area contributed by atoms with E-state index in [1.54, 1.807) is 0 Å². The molecule has 1 atom stereocenters. The number of likely N-dealkylation sites (N-methyl/N-ethyl adjacent to an activating group) is 1. The molecule has 1 saturated heterocycles. The van der Waals surface area contributed by atoms with Crippen molar-refractivity contribution in [3.8, 4) is 0 Å². The maximum Gasteiger partial charge on any atom is 1.00 e. The van der Waals surface area contributed by atoms with Crippen LogP contribution in [0.4, 0.5) is 0 Å². The van der Waals surface area contributed by atoms with Gasteiger partial charge in [-0.1, -0.05) is 20.3 Å². The van der Waals surface area contributed by atoms with Crippen molar-refractivity contribution in [2.75, 3.05) is 33.2 Å². The van der Waals surface area contributed by atoms with E-state index in [1.807, 2.05) is 7.05 Å². The molecule has 1 unspecified atom stereocenters. The molecule has 0 saturated carbocycles. The minimum Gasteiger partial charge on any atom is -0.661 e. The van der Waals surface area contributed by atoms with Gasteiger partial charge in [-0.25, -0.2) is 0 Å². The Morgan fingerprint density at radius 3 is 2.67 bits per heavy atom. The van der Waals surface area contributed by atoms with E-state index in [4.69, 9.17) is 0 Å². The SMILES string of the molecule is CNCC[N-]CCC1NCCC1(C)C.[K+]. The molecule has 2 N–H and O–H groups in total. The van der Waals surface area contributed by atoms with Crippen LogP contribution in [0.1, 0.15) is 26.7 Å². The van der Waals surface area contributed by atoms with E-state index < -0.39 is 0 Å². The molecule has 0 aromatic heterocycles. The van der Waals surface area contributed by atoms with E-state index in [1.165, 1.54) is 19.4 Å². The van der Waals surface area contributed by atoms with E-state index in [9.17, 15) is 0 Å². The molecular weight excluding hydrogens is 213 g/mol. The van der Waals surface area contributed by atoms with Gasteiger partial charge in [0.2, 0.25) is 0 Å².